The third-order valence-electron chi connectivity index (χ3n) is 5.45. The highest BCUT2D eigenvalue weighted by Gasteiger charge is 2.32. The summed E-state index contributed by atoms with van der Waals surface area (Å²) in [5.41, 5.74) is 2.15. The van der Waals surface area contributed by atoms with Crippen LogP contribution < -0.4 is 15.0 Å². The molecule has 2 aromatic carbocycles. The molecule has 0 radical (unpaired) electrons. The number of amides is 1. The van der Waals surface area contributed by atoms with Crippen molar-refractivity contribution in [2.24, 2.45) is 0 Å². The zero-order valence-corrected chi connectivity index (χ0v) is 16.7. The van der Waals surface area contributed by atoms with Gasteiger partial charge in [-0.3, -0.25) is 4.79 Å². The predicted molar refractivity (Wildman–Crippen MR) is 114 cm³/mol. The molecule has 0 aliphatic carbocycles. The van der Waals surface area contributed by atoms with Crippen LogP contribution in [-0.2, 0) is 11.2 Å². The van der Waals surface area contributed by atoms with Gasteiger partial charge in [0.2, 0.25) is 5.91 Å². The van der Waals surface area contributed by atoms with Crippen molar-refractivity contribution in [1.82, 2.24) is 15.3 Å². The summed E-state index contributed by atoms with van der Waals surface area (Å²) < 4.78 is 5.19. The van der Waals surface area contributed by atoms with Gasteiger partial charge in [0.1, 0.15) is 23.9 Å². The van der Waals surface area contributed by atoms with Gasteiger partial charge in [-0.15, -0.1) is 0 Å². The Morgan fingerprint density at radius 1 is 1.17 bits per heavy atom. The van der Waals surface area contributed by atoms with E-state index in [9.17, 15) is 4.79 Å². The minimum atomic E-state index is -0.172. The number of nitrogens with one attached hydrogen (secondary N) is 1. The molecule has 0 bridgehead atoms. The van der Waals surface area contributed by atoms with E-state index in [4.69, 9.17) is 4.74 Å². The van der Waals surface area contributed by atoms with Crippen LogP contribution in [0.5, 0.6) is 5.75 Å². The molecule has 1 fully saturated rings. The zero-order chi connectivity index (χ0) is 20.1. The second kappa shape index (κ2) is 8.90. The molecule has 4 rings (SSSR count). The van der Waals surface area contributed by atoms with Crippen LogP contribution >= 0.6 is 0 Å². The van der Waals surface area contributed by atoms with Crippen LogP contribution in [0.3, 0.4) is 0 Å². The molecule has 1 amide bonds. The number of ether oxygens (including phenoxy) is 1. The number of aryl methyl sites for hydroxylation is 1. The van der Waals surface area contributed by atoms with Crippen molar-refractivity contribution >= 4 is 22.6 Å². The first kappa shape index (κ1) is 19.2. The van der Waals surface area contributed by atoms with Gasteiger partial charge in [-0.2, -0.15) is 0 Å². The molecule has 1 atom stereocenters. The summed E-state index contributed by atoms with van der Waals surface area (Å²) in [5.74, 6) is 1.80. The highest BCUT2D eigenvalue weighted by atomic mass is 16.5. The molecule has 6 heteroatoms. The largest absolute Gasteiger partial charge is 0.497 e. The number of carbonyl (C=O) groups excluding carboxylic acids is 1. The Bertz CT molecular complexity index is 969. The van der Waals surface area contributed by atoms with Crippen LogP contribution in [0.4, 0.5) is 5.82 Å². The molecule has 1 aliphatic heterocycles. The molecule has 1 saturated heterocycles. The number of para-hydroxylation sites is 1. The first-order valence-corrected chi connectivity index (χ1v) is 10.1. The molecule has 1 aromatic heterocycles. The number of rotatable bonds is 7. The topological polar surface area (TPSA) is 67.3 Å². The average Bonchev–Trinajstić information content (AvgIpc) is 3.26. The summed E-state index contributed by atoms with van der Waals surface area (Å²) in [4.78, 5) is 23.8. The SMILES string of the molecule is COc1ccc(CCCNC(=O)[C@@H]2CCCN2c2ncnc3ccccc23)cc1. The molecular weight excluding hydrogens is 364 g/mol. The van der Waals surface area contributed by atoms with Crippen molar-refractivity contribution in [1.29, 1.82) is 0 Å². The number of hydrogen-bond donors (Lipinski definition) is 1. The molecular formula is C23H26N4O2. The number of carbonyl (C=O) groups is 1. The predicted octanol–water partition coefficient (Wildman–Crippen LogP) is 3.36. The van der Waals surface area contributed by atoms with E-state index in [1.54, 1.807) is 13.4 Å². The van der Waals surface area contributed by atoms with E-state index < -0.39 is 0 Å². The maximum absolute atomic E-state index is 12.8. The Morgan fingerprint density at radius 3 is 2.83 bits per heavy atom. The third-order valence-corrected chi connectivity index (χ3v) is 5.45. The smallest absolute Gasteiger partial charge is 0.242 e. The fourth-order valence-corrected chi connectivity index (χ4v) is 3.93. The standard InChI is InChI=1S/C23H26N4O2/c1-29-18-12-10-17(11-13-18)6-4-14-24-23(28)21-9-5-15-27(21)22-19-7-2-3-8-20(19)25-16-26-22/h2-3,7-8,10-13,16,21H,4-6,9,14-15H2,1H3,(H,24,28)/t21-/m0/s1. The van der Waals surface area contributed by atoms with E-state index in [1.807, 2.05) is 36.4 Å². The van der Waals surface area contributed by atoms with Gasteiger partial charge in [0.15, 0.2) is 0 Å². The molecule has 2 heterocycles. The van der Waals surface area contributed by atoms with Crippen molar-refractivity contribution in [3.05, 3.63) is 60.4 Å². The lowest BCUT2D eigenvalue weighted by Crippen LogP contribution is -2.44. The summed E-state index contributed by atoms with van der Waals surface area (Å²) in [6.07, 6.45) is 5.25. The monoisotopic (exact) mass is 390 g/mol. The Balaban J connectivity index is 1.35. The maximum Gasteiger partial charge on any atom is 0.242 e. The number of benzene rings is 2. The van der Waals surface area contributed by atoms with Gasteiger partial charge in [-0.25, -0.2) is 9.97 Å². The second-order valence-corrected chi connectivity index (χ2v) is 7.31. The van der Waals surface area contributed by atoms with Crippen LogP contribution in [-0.4, -0.2) is 42.1 Å². The Morgan fingerprint density at radius 2 is 2.00 bits per heavy atom. The highest BCUT2D eigenvalue weighted by molar-refractivity contribution is 5.93. The van der Waals surface area contributed by atoms with E-state index in [0.717, 1.165) is 54.7 Å². The minimum Gasteiger partial charge on any atom is -0.497 e. The first-order valence-electron chi connectivity index (χ1n) is 10.1. The molecule has 0 spiro atoms. The van der Waals surface area contributed by atoms with E-state index in [-0.39, 0.29) is 11.9 Å². The molecule has 29 heavy (non-hydrogen) atoms. The van der Waals surface area contributed by atoms with Crippen LogP contribution in [0.1, 0.15) is 24.8 Å². The van der Waals surface area contributed by atoms with Crippen molar-refractivity contribution in [2.45, 2.75) is 31.7 Å². The Hall–Kier alpha value is -3.15. The van der Waals surface area contributed by atoms with Crippen molar-refractivity contribution in [2.75, 3.05) is 25.1 Å². The van der Waals surface area contributed by atoms with Gasteiger partial charge in [-0.05, 0) is 55.5 Å². The maximum atomic E-state index is 12.8. The van der Waals surface area contributed by atoms with Crippen LogP contribution in [0, 0.1) is 0 Å². The summed E-state index contributed by atoms with van der Waals surface area (Å²) >= 11 is 0. The van der Waals surface area contributed by atoms with E-state index in [2.05, 4.69) is 32.3 Å². The molecule has 3 aromatic rings. The van der Waals surface area contributed by atoms with Crippen molar-refractivity contribution < 1.29 is 9.53 Å². The molecule has 1 N–H and O–H groups in total. The molecule has 0 unspecified atom stereocenters. The van der Waals surface area contributed by atoms with Gasteiger partial charge < -0.3 is 15.0 Å². The van der Waals surface area contributed by atoms with Gasteiger partial charge in [0.25, 0.3) is 0 Å². The Kier molecular flexibility index (Phi) is 5.89. The molecule has 150 valence electrons. The quantitative estimate of drug-likeness (QED) is 0.627. The average molecular weight is 390 g/mol. The fourth-order valence-electron chi connectivity index (χ4n) is 3.93. The summed E-state index contributed by atoms with van der Waals surface area (Å²) in [7, 11) is 1.67. The van der Waals surface area contributed by atoms with E-state index in [0.29, 0.717) is 6.54 Å². The molecule has 1 aliphatic rings. The highest BCUT2D eigenvalue weighted by Crippen LogP contribution is 2.29. The lowest BCUT2D eigenvalue weighted by molar-refractivity contribution is -0.122. The van der Waals surface area contributed by atoms with Gasteiger partial charge in [-0.1, -0.05) is 24.3 Å². The van der Waals surface area contributed by atoms with Crippen LogP contribution in [0.25, 0.3) is 10.9 Å². The minimum absolute atomic E-state index is 0.0833. The number of aromatic nitrogens is 2. The number of anilines is 1. The fraction of sp³-hybridized carbons (Fsp3) is 0.348. The lowest BCUT2D eigenvalue weighted by atomic mass is 10.1. The summed E-state index contributed by atoms with van der Waals surface area (Å²) in [5, 5.41) is 4.11. The number of fused-ring (bicyclic) bond motifs is 1. The van der Waals surface area contributed by atoms with Crippen molar-refractivity contribution in [3.63, 3.8) is 0 Å². The number of hydrogen-bond acceptors (Lipinski definition) is 5. The molecule has 6 nitrogen and oxygen atoms in total. The van der Waals surface area contributed by atoms with Crippen molar-refractivity contribution in [3.8, 4) is 5.75 Å². The number of nitrogens with zero attached hydrogens (tertiary/aromatic N) is 3. The number of methoxy groups -OCH3 is 1. The van der Waals surface area contributed by atoms with E-state index >= 15 is 0 Å². The van der Waals surface area contributed by atoms with Crippen LogP contribution in [0.15, 0.2) is 54.9 Å². The van der Waals surface area contributed by atoms with Gasteiger partial charge in [0.05, 0.1) is 12.6 Å². The molecule has 0 saturated carbocycles. The third kappa shape index (κ3) is 4.31. The normalized spacial score (nSPS) is 16.2. The van der Waals surface area contributed by atoms with Crippen LogP contribution in [0.2, 0.25) is 0 Å². The summed E-state index contributed by atoms with van der Waals surface area (Å²) in [6.45, 7) is 1.50. The Labute approximate surface area is 170 Å². The zero-order valence-electron chi connectivity index (χ0n) is 16.7. The first-order chi connectivity index (χ1) is 14.3. The van der Waals surface area contributed by atoms with Gasteiger partial charge in [0, 0.05) is 18.5 Å². The van der Waals surface area contributed by atoms with Gasteiger partial charge >= 0.3 is 0 Å². The van der Waals surface area contributed by atoms with E-state index in [1.165, 1.54) is 5.56 Å². The lowest BCUT2D eigenvalue weighted by Gasteiger charge is -2.25. The summed E-state index contributed by atoms with van der Waals surface area (Å²) in [6, 6.07) is 15.9. The second-order valence-electron chi connectivity index (χ2n) is 7.31.